The predicted octanol–water partition coefficient (Wildman–Crippen LogP) is 3.27. The molecule has 1 atom stereocenters. The molecule has 0 radical (unpaired) electrons. The zero-order chi connectivity index (χ0) is 14.4. The lowest BCUT2D eigenvalue weighted by Gasteiger charge is -2.12. The number of pyridine rings is 1. The summed E-state index contributed by atoms with van der Waals surface area (Å²) in [4.78, 5) is 15.6. The van der Waals surface area contributed by atoms with Crippen LogP contribution < -0.4 is 0 Å². The molecule has 20 heavy (non-hydrogen) atoms. The van der Waals surface area contributed by atoms with E-state index in [2.05, 4.69) is 4.98 Å². The lowest BCUT2D eigenvalue weighted by molar-refractivity contribution is -0.141. The molecule has 1 aromatic carbocycles. The van der Waals surface area contributed by atoms with E-state index < -0.39 is 5.97 Å². The summed E-state index contributed by atoms with van der Waals surface area (Å²) in [6, 6.07) is 13.8. The summed E-state index contributed by atoms with van der Waals surface area (Å²) in [6.45, 7) is 2.03. The maximum absolute atomic E-state index is 11.4. The fraction of sp³-hybridized carbons (Fsp3) is 0.294. The maximum Gasteiger partial charge on any atom is 0.306 e. The Morgan fingerprint density at radius 2 is 1.95 bits per heavy atom. The van der Waals surface area contributed by atoms with Gasteiger partial charge in [0.05, 0.1) is 5.92 Å². The van der Waals surface area contributed by atoms with Crippen LogP contribution in [0.3, 0.4) is 0 Å². The number of carbonyl (C=O) groups is 1. The fourth-order valence-corrected chi connectivity index (χ4v) is 2.19. The first kappa shape index (κ1) is 14.3. The molecule has 0 saturated heterocycles. The van der Waals surface area contributed by atoms with Gasteiger partial charge in [-0.15, -0.1) is 0 Å². The quantitative estimate of drug-likeness (QED) is 0.875. The predicted molar refractivity (Wildman–Crippen MR) is 78.6 cm³/mol. The van der Waals surface area contributed by atoms with E-state index in [1.54, 1.807) is 6.20 Å². The van der Waals surface area contributed by atoms with Crippen molar-refractivity contribution in [2.75, 3.05) is 0 Å². The van der Waals surface area contributed by atoms with Crippen molar-refractivity contribution in [2.24, 2.45) is 5.92 Å². The number of benzene rings is 1. The number of rotatable bonds is 6. The molecule has 1 unspecified atom stereocenters. The van der Waals surface area contributed by atoms with Crippen LogP contribution in [0.25, 0.3) is 0 Å². The second-order valence-corrected chi connectivity index (χ2v) is 5.08. The van der Waals surface area contributed by atoms with Crippen LogP contribution in [0.1, 0.15) is 23.2 Å². The zero-order valence-electron chi connectivity index (χ0n) is 11.6. The third-order valence-electron chi connectivity index (χ3n) is 3.43. The molecule has 1 aromatic heterocycles. The van der Waals surface area contributed by atoms with Gasteiger partial charge in [-0.2, -0.15) is 0 Å². The van der Waals surface area contributed by atoms with Crippen LogP contribution in [0, 0.1) is 12.8 Å². The van der Waals surface area contributed by atoms with Gasteiger partial charge in [-0.1, -0.05) is 35.9 Å². The molecule has 0 spiro atoms. The summed E-state index contributed by atoms with van der Waals surface area (Å²) in [5, 5.41) is 9.35. The largest absolute Gasteiger partial charge is 0.481 e. The Balaban J connectivity index is 1.97. The lowest BCUT2D eigenvalue weighted by Crippen LogP contribution is -2.17. The average Bonchev–Trinajstić information content (AvgIpc) is 2.46. The van der Waals surface area contributed by atoms with Crippen molar-refractivity contribution >= 4 is 5.97 Å². The third kappa shape index (κ3) is 4.19. The SMILES string of the molecule is Cc1ccc(CC(CCc2ccccn2)C(=O)O)cc1. The van der Waals surface area contributed by atoms with E-state index in [9.17, 15) is 9.90 Å². The fourth-order valence-electron chi connectivity index (χ4n) is 2.19. The van der Waals surface area contributed by atoms with Gasteiger partial charge in [0.2, 0.25) is 0 Å². The molecule has 2 rings (SSSR count). The number of carboxylic acid groups (broad SMARTS) is 1. The van der Waals surface area contributed by atoms with Gasteiger partial charge in [0.15, 0.2) is 0 Å². The molecule has 2 aromatic rings. The summed E-state index contributed by atoms with van der Waals surface area (Å²) < 4.78 is 0. The molecule has 0 saturated carbocycles. The summed E-state index contributed by atoms with van der Waals surface area (Å²) >= 11 is 0. The van der Waals surface area contributed by atoms with Gasteiger partial charge in [-0.05, 0) is 43.9 Å². The number of carboxylic acids is 1. The highest BCUT2D eigenvalue weighted by molar-refractivity contribution is 5.70. The van der Waals surface area contributed by atoms with Gasteiger partial charge in [0, 0.05) is 11.9 Å². The van der Waals surface area contributed by atoms with Gasteiger partial charge >= 0.3 is 5.97 Å². The highest BCUT2D eigenvalue weighted by atomic mass is 16.4. The van der Waals surface area contributed by atoms with Crippen LogP contribution in [0.2, 0.25) is 0 Å². The number of nitrogens with zero attached hydrogens (tertiary/aromatic N) is 1. The molecule has 0 fully saturated rings. The van der Waals surface area contributed by atoms with Gasteiger partial charge in [0.25, 0.3) is 0 Å². The molecule has 1 heterocycles. The molecule has 1 N–H and O–H groups in total. The second kappa shape index (κ2) is 6.85. The number of hydrogen-bond acceptors (Lipinski definition) is 2. The second-order valence-electron chi connectivity index (χ2n) is 5.08. The van der Waals surface area contributed by atoms with Crippen LogP contribution in [-0.4, -0.2) is 16.1 Å². The van der Waals surface area contributed by atoms with Gasteiger partial charge in [-0.3, -0.25) is 9.78 Å². The van der Waals surface area contributed by atoms with Crippen molar-refractivity contribution in [3.63, 3.8) is 0 Å². The molecule has 0 amide bonds. The highest BCUT2D eigenvalue weighted by Gasteiger charge is 2.18. The molecular formula is C17H19NO2. The molecule has 0 aliphatic heterocycles. The number of hydrogen-bond donors (Lipinski definition) is 1. The van der Waals surface area contributed by atoms with Crippen LogP contribution in [0.4, 0.5) is 0 Å². The maximum atomic E-state index is 11.4. The van der Waals surface area contributed by atoms with Crippen molar-refractivity contribution in [1.29, 1.82) is 0 Å². The Labute approximate surface area is 119 Å². The van der Waals surface area contributed by atoms with E-state index in [4.69, 9.17) is 0 Å². The number of aryl methyl sites for hydroxylation is 2. The normalized spacial score (nSPS) is 12.1. The summed E-state index contributed by atoms with van der Waals surface area (Å²) in [5.74, 6) is -1.10. The first-order chi connectivity index (χ1) is 9.65. The topological polar surface area (TPSA) is 50.2 Å². The Morgan fingerprint density at radius 1 is 1.20 bits per heavy atom. The molecule has 104 valence electrons. The van der Waals surface area contributed by atoms with E-state index in [1.807, 2.05) is 49.4 Å². The Bertz CT molecular complexity index is 549. The molecule has 0 aliphatic rings. The summed E-state index contributed by atoms with van der Waals surface area (Å²) in [7, 11) is 0. The molecule has 3 nitrogen and oxygen atoms in total. The molecular weight excluding hydrogens is 250 g/mol. The minimum atomic E-state index is -0.735. The smallest absolute Gasteiger partial charge is 0.306 e. The Hall–Kier alpha value is -2.16. The standard InChI is InChI=1S/C17H19NO2/c1-13-5-7-14(8-6-13)12-15(17(19)20)9-10-16-4-2-3-11-18-16/h2-8,11,15H,9-10,12H2,1H3,(H,19,20). The van der Waals surface area contributed by atoms with Crippen molar-refractivity contribution in [3.8, 4) is 0 Å². The zero-order valence-corrected chi connectivity index (χ0v) is 11.6. The third-order valence-corrected chi connectivity index (χ3v) is 3.43. The number of aromatic nitrogens is 1. The monoisotopic (exact) mass is 269 g/mol. The lowest BCUT2D eigenvalue weighted by atomic mass is 9.93. The highest BCUT2D eigenvalue weighted by Crippen LogP contribution is 2.16. The minimum absolute atomic E-state index is 0.361. The minimum Gasteiger partial charge on any atom is -0.481 e. The average molecular weight is 269 g/mol. The first-order valence-corrected chi connectivity index (χ1v) is 6.83. The molecule has 0 aliphatic carbocycles. The Kier molecular flexibility index (Phi) is 4.88. The van der Waals surface area contributed by atoms with Crippen LogP contribution in [0.5, 0.6) is 0 Å². The van der Waals surface area contributed by atoms with Gasteiger partial charge in [-0.25, -0.2) is 0 Å². The number of aliphatic carboxylic acids is 1. The first-order valence-electron chi connectivity index (χ1n) is 6.83. The molecule has 3 heteroatoms. The van der Waals surface area contributed by atoms with Crippen molar-refractivity contribution in [1.82, 2.24) is 4.98 Å². The van der Waals surface area contributed by atoms with Crippen molar-refractivity contribution in [3.05, 3.63) is 65.5 Å². The van der Waals surface area contributed by atoms with Gasteiger partial charge in [0.1, 0.15) is 0 Å². The van der Waals surface area contributed by atoms with Gasteiger partial charge < -0.3 is 5.11 Å². The summed E-state index contributed by atoms with van der Waals surface area (Å²) in [6.07, 6.45) is 3.62. The molecule has 0 bridgehead atoms. The van der Waals surface area contributed by atoms with E-state index in [1.165, 1.54) is 5.56 Å². The van der Waals surface area contributed by atoms with Crippen molar-refractivity contribution < 1.29 is 9.90 Å². The van der Waals surface area contributed by atoms with Crippen LogP contribution in [-0.2, 0) is 17.6 Å². The van der Waals surface area contributed by atoms with E-state index in [0.29, 0.717) is 19.3 Å². The van der Waals surface area contributed by atoms with E-state index in [0.717, 1.165) is 11.3 Å². The van der Waals surface area contributed by atoms with Crippen LogP contribution in [0.15, 0.2) is 48.7 Å². The van der Waals surface area contributed by atoms with Crippen LogP contribution >= 0.6 is 0 Å². The van der Waals surface area contributed by atoms with E-state index in [-0.39, 0.29) is 5.92 Å². The van der Waals surface area contributed by atoms with E-state index >= 15 is 0 Å². The Morgan fingerprint density at radius 3 is 2.55 bits per heavy atom. The van der Waals surface area contributed by atoms with Crippen molar-refractivity contribution in [2.45, 2.75) is 26.2 Å². The summed E-state index contributed by atoms with van der Waals surface area (Å²) in [5.41, 5.74) is 3.21.